The maximum absolute atomic E-state index is 4.82. The number of nitrogens with zero attached hydrogens (tertiary/aromatic N) is 5. The van der Waals surface area contributed by atoms with E-state index in [1.807, 2.05) is 25.4 Å². The van der Waals surface area contributed by atoms with Crippen LogP contribution in [0.2, 0.25) is 0 Å². The average Bonchev–Trinajstić information content (AvgIpc) is 3.00. The van der Waals surface area contributed by atoms with E-state index in [-0.39, 0.29) is 0 Å². The zero-order valence-corrected chi connectivity index (χ0v) is 14.1. The van der Waals surface area contributed by atoms with E-state index in [1.54, 1.807) is 0 Å². The number of likely N-dealkylation sites (tertiary alicyclic amines) is 1. The Hall–Kier alpha value is -2.27. The third-order valence-electron chi connectivity index (χ3n) is 4.75. The summed E-state index contributed by atoms with van der Waals surface area (Å²) in [6.45, 7) is 6.38. The van der Waals surface area contributed by atoms with Crippen LogP contribution in [0.1, 0.15) is 25.0 Å². The Morgan fingerprint density at radius 2 is 1.79 bits per heavy atom. The molecule has 1 aliphatic rings. The number of aromatic nitrogens is 4. The fourth-order valence-electron chi connectivity index (χ4n) is 3.43. The van der Waals surface area contributed by atoms with Gasteiger partial charge in [0, 0.05) is 19.3 Å². The van der Waals surface area contributed by atoms with Crippen molar-refractivity contribution >= 4 is 11.0 Å². The number of hydrogen-bond acceptors (Lipinski definition) is 4. The van der Waals surface area contributed by atoms with E-state index in [0.717, 1.165) is 35.8 Å². The molecule has 1 aromatic carbocycles. The molecule has 0 saturated carbocycles. The van der Waals surface area contributed by atoms with Crippen LogP contribution in [0.5, 0.6) is 0 Å². The van der Waals surface area contributed by atoms with Gasteiger partial charge in [0.1, 0.15) is 5.69 Å². The largest absolute Gasteiger partial charge is 0.321 e. The first-order chi connectivity index (χ1) is 11.8. The third kappa shape index (κ3) is 3.04. The Bertz CT molecular complexity index is 815. The van der Waals surface area contributed by atoms with Crippen molar-refractivity contribution in [3.63, 3.8) is 0 Å². The lowest BCUT2D eigenvalue weighted by molar-refractivity contribution is 0.222. The van der Waals surface area contributed by atoms with Gasteiger partial charge in [-0.1, -0.05) is 18.6 Å². The topological polar surface area (TPSA) is 46.8 Å². The smallest absolute Gasteiger partial charge is 0.161 e. The first-order valence-electron chi connectivity index (χ1n) is 8.78. The van der Waals surface area contributed by atoms with Crippen LogP contribution >= 0.6 is 0 Å². The van der Waals surface area contributed by atoms with Crippen LogP contribution in [0.3, 0.4) is 0 Å². The van der Waals surface area contributed by atoms with Crippen LogP contribution in [0, 0.1) is 6.92 Å². The van der Waals surface area contributed by atoms with Crippen molar-refractivity contribution in [3.05, 3.63) is 42.4 Å². The quantitative estimate of drug-likeness (QED) is 0.740. The molecule has 0 unspecified atom stereocenters. The van der Waals surface area contributed by atoms with Gasteiger partial charge in [-0.05, 0) is 45.0 Å². The van der Waals surface area contributed by atoms with E-state index in [0.29, 0.717) is 0 Å². The number of aryl methyl sites for hydroxylation is 1. The molecular weight excluding hydrogens is 298 g/mol. The molecule has 0 amide bonds. The fraction of sp³-hybridized carbons (Fsp3) is 0.421. The lowest BCUT2D eigenvalue weighted by Gasteiger charge is -2.26. The van der Waals surface area contributed by atoms with Crippen LogP contribution in [-0.4, -0.2) is 44.1 Å². The number of rotatable bonds is 4. The Labute approximate surface area is 142 Å². The zero-order chi connectivity index (χ0) is 16.4. The highest BCUT2D eigenvalue weighted by atomic mass is 15.2. The second-order valence-electron chi connectivity index (χ2n) is 6.52. The summed E-state index contributed by atoms with van der Waals surface area (Å²) in [7, 11) is 0. The molecule has 0 aliphatic carbocycles. The van der Waals surface area contributed by atoms with E-state index in [4.69, 9.17) is 4.98 Å². The average molecular weight is 321 g/mol. The summed E-state index contributed by atoms with van der Waals surface area (Å²) < 4.78 is 2.29. The van der Waals surface area contributed by atoms with Crippen LogP contribution in [0.25, 0.3) is 22.6 Å². The Morgan fingerprint density at radius 3 is 2.58 bits per heavy atom. The monoisotopic (exact) mass is 321 g/mol. The zero-order valence-electron chi connectivity index (χ0n) is 14.1. The second kappa shape index (κ2) is 6.69. The van der Waals surface area contributed by atoms with Crippen LogP contribution < -0.4 is 0 Å². The highest BCUT2D eigenvalue weighted by Crippen LogP contribution is 2.23. The van der Waals surface area contributed by atoms with Crippen molar-refractivity contribution < 1.29 is 0 Å². The molecule has 0 atom stereocenters. The standard InChI is InChI=1S/C19H23N5/c1-15-13-21-17(14-20-15)19-22-16-7-3-4-8-18(16)24(19)12-11-23-9-5-2-6-10-23/h3-4,7-8,13-14H,2,5-6,9-12H2,1H3. The van der Waals surface area contributed by atoms with Gasteiger partial charge in [0.05, 0.1) is 22.9 Å². The lowest BCUT2D eigenvalue weighted by Crippen LogP contribution is -2.32. The molecule has 1 fully saturated rings. The first kappa shape index (κ1) is 15.3. The van der Waals surface area contributed by atoms with E-state index >= 15 is 0 Å². The van der Waals surface area contributed by atoms with Crippen molar-refractivity contribution in [3.8, 4) is 11.5 Å². The molecule has 0 radical (unpaired) electrons. The van der Waals surface area contributed by atoms with Crippen molar-refractivity contribution in [2.24, 2.45) is 0 Å². The molecule has 3 heterocycles. The van der Waals surface area contributed by atoms with Gasteiger partial charge in [-0.2, -0.15) is 0 Å². The van der Waals surface area contributed by atoms with E-state index in [2.05, 4.69) is 37.6 Å². The minimum absolute atomic E-state index is 0.843. The normalized spacial score (nSPS) is 15.9. The molecule has 3 aromatic rings. The molecule has 5 nitrogen and oxygen atoms in total. The maximum atomic E-state index is 4.82. The molecule has 2 aromatic heterocycles. The predicted octanol–water partition coefficient (Wildman–Crippen LogP) is 3.29. The third-order valence-corrected chi connectivity index (χ3v) is 4.75. The van der Waals surface area contributed by atoms with Crippen LogP contribution in [0.4, 0.5) is 0 Å². The van der Waals surface area contributed by atoms with Crippen LogP contribution in [-0.2, 0) is 6.54 Å². The second-order valence-corrected chi connectivity index (χ2v) is 6.52. The number of fused-ring (bicyclic) bond motifs is 1. The molecule has 124 valence electrons. The molecule has 4 rings (SSSR count). The van der Waals surface area contributed by atoms with Crippen molar-refractivity contribution in [1.82, 2.24) is 24.4 Å². The Kier molecular flexibility index (Phi) is 4.26. The van der Waals surface area contributed by atoms with E-state index in [9.17, 15) is 0 Å². The minimum Gasteiger partial charge on any atom is -0.321 e. The van der Waals surface area contributed by atoms with Gasteiger partial charge in [-0.3, -0.25) is 4.98 Å². The van der Waals surface area contributed by atoms with Gasteiger partial charge in [0.25, 0.3) is 0 Å². The Balaban J connectivity index is 1.68. The molecule has 0 spiro atoms. The summed E-state index contributed by atoms with van der Waals surface area (Å²) in [5, 5.41) is 0. The van der Waals surface area contributed by atoms with Gasteiger partial charge in [0.15, 0.2) is 5.82 Å². The molecular formula is C19H23N5. The summed E-state index contributed by atoms with van der Waals surface area (Å²) >= 11 is 0. The number of para-hydroxylation sites is 2. The van der Waals surface area contributed by atoms with Crippen molar-refractivity contribution in [2.75, 3.05) is 19.6 Å². The number of hydrogen-bond donors (Lipinski definition) is 0. The van der Waals surface area contributed by atoms with Crippen molar-refractivity contribution in [1.29, 1.82) is 0 Å². The minimum atomic E-state index is 0.843. The SMILES string of the molecule is Cc1cnc(-c2nc3ccccc3n2CCN2CCCCC2)cn1. The first-order valence-corrected chi connectivity index (χ1v) is 8.78. The summed E-state index contributed by atoms with van der Waals surface area (Å²) in [6, 6.07) is 8.32. The highest BCUT2D eigenvalue weighted by Gasteiger charge is 2.16. The summed E-state index contributed by atoms with van der Waals surface area (Å²) in [5.41, 5.74) is 3.96. The van der Waals surface area contributed by atoms with Gasteiger partial charge in [-0.25, -0.2) is 9.97 Å². The fourth-order valence-corrected chi connectivity index (χ4v) is 3.43. The van der Waals surface area contributed by atoms with Gasteiger partial charge >= 0.3 is 0 Å². The summed E-state index contributed by atoms with van der Waals surface area (Å²) in [6.07, 6.45) is 7.65. The number of piperidine rings is 1. The van der Waals surface area contributed by atoms with Gasteiger partial charge < -0.3 is 9.47 Å². The molecule has 1 aliphatic heterocycles. The molecule has 1 saturated heterocycles. The number of benzene rings is 1. The molecule has 0 bridgehead atoms. The summed E-state index contributed by atoms with van der Waals surface area (Å²) in [5.74, 6) is 0.917. The predicted molar refractivity (Wildman–Crippen MR) is 95.8 cm³/mol. The maximum Gasteiger partial charge on any atom is 0.161 e. The molecule has 5 heteroatoms. The summed E-state index contributed by atoms with van der Waals surface area (Å²) in [4.78, 5) is 16.3. The molecule has 24 heavy (non-hydrogen) atoms. The Morgan fingerprint density at radius 1 is 0.958 bits per heavy atom. The van der Waals surface area contributed by atoms with Gasteiger partial charge in [-0.15, -0.1) is 0 Å². The van der Waals surface area contributed by atoms with E-state index in [1.165, 1.54) is 37.9 Å². The van der Waals surface area contributed by atoms with Gasteiger partial charge in [0.2, 0.25) is 0 Å². The molecule has 0 N–H and O–H groups in total. The highest BCUT2D eigenvalue weighted by molar-refractivity contribution is 5.79. The van der Waals surface area contributed by atoms with E-state index < -0.39 is 0 Å². The number of imidazole rings is 1. The lowest BCUT2D eigenvalue weighted by atomic mass is 10.1. The van der Waals surface area contributed by atoms with Crippen LogP contribution in [0.15, 0.2) is 36.7 Å². The van der Waals surface area contributed by atoms with Crippen molar-refractivity contribution in [2.45, 2.75) is 32.7 Å².